The number of nitrogens with one attached hydrogen (secondary N) is 2. The molecule has 2 rings (SSSR count). The van der Waals surface area contributed by atoms with Crippen molar-refractivity contribution in [1.29, 1.82) is 0 Å². The van der Waals surface area contributed by atoms with Gasteiger partial charge in [0, 0.05) is 16.9 Å². The summed E-state index contributed by atoms with van der Waals surface area (Å²) in [7, 11) is 0. The van der Waals surface area contributed by atoms with E-state index in [9.17, 15) is 9.59 Å². The van der Waals surface area contributed by atoms with Gasteiger partial charge in [-0.2, -0.15) is 0 Å². The molecular weight excluding hydrogens is 323 g/mol. The number of Topliss-reactive ketones (excluding diaryl/α,β-unsaturated/α-hetero) is 1. The fourth-order valence-corrected chi connectivity index (χ4v) is 2.08. The molecule has 22 heavy (non-hydrogen) atoms. The van der Waals surface area contributed by atoms with Crippen molar-refractivity contribution < 1.29 is 9.59 Å². The summed E-state index contributed by atoms with van der Waals surface area (Å²) in [5.74, 6) is -0.210. The van der Waals surface area contributed by atoms with E-state index in [-0.39, 0.29) is 18.2 Å². The first-order valence-electron chi connectivity index (χ1n) is 6.55. The van der Waals surface area contributed by atoms with Gasteiger partial charge in [0.05, 0.1) is 16.6 Å². The van der Waals surface area contributed by atoms with Gasteiger partial charge < -0.3 is 10.6 Å². The lowest BCUT2D eigenvalue weighted by Crippen LogP contribution is -2.21. The Labute approximate surface area is 138 Å². The smallest absolute Gasteiger partial charge is 0.243 e. The van der Waals surface area contributed by atoms with Crippen molar-refractivity contribution in [2.45, 2.75) is 6.92 Å². The summed E-state index contributed by atoms with van der Waals surface area (Å²) in [6, 6.07) is 11.8. The van der Waals surface area contributed by atoms with Gasteiger partial charge in [-0.1, -0.05) is 23.2 Å². The van der Waals surface area contributed by atoms with E-state index in [1.165, 1.54) is 6.92 Å². The topological polar surface area (TPSA) is 58.2 Å². The predicted molar refractivity (Wildman–Crippen MR) is 90.0 cm³/mol. The van der Waals surface area contributed by atoms with Crippen LogP contribution >= 0.6 is 23.2 Å². The predicted octanol–water partition coefficient (Wildman–Crippen LogP) is 4.25. The van der Waals surface area contributed by atoms with Crippen molar-refractivity contribution >= 4 is 46.3 Å². The lowest BCUT2D eigenvalue weighted by atomic mass is 10.1. The van der Waals surface area contributed by atoms with Crippen LogP contribution in [0.15, 0.2) is 42.5 Å². The highest BCUT2D eigenvalue weighted by atomic mass is 35.5. The number of carbonyl (C=O) groups excluding carboxylic acids is 2. The van der Waals surface area contributed by atoms with E-state index in [1.807, 2.05) is 0 Å². The van der Waals surface area contributed by atoms with Crippen LogP contribution in [0.25, 0.3) is 0 Å². The number of anilines is 2. The van der Waals surface area contributed by atoms with Crippen LogP contribution in [-0.2, 0) is 4.79 Å². The molecule has 0 aliphatic carbocycles. The van der Waals surface area contributed by atoms with Gasteiger partial charge in [-0.3, -0.25) is 9.59 Å². The molecule has 0 saturated heterocycles. The highest BCUT2D eigenvalue weighted by Crippen LogP contribution is 2.24. The molecule has 0 aliphatic heterocycles. The third-order valence-electron chi connectivity index (χ3n) is 2.95. The Morgan fingerprint density at radius 3 is 2.18 bits per heavy atom. The van der Waals surface area contributed by atoms with Crippen LogP contribution in [0, 0.1) is 0 Å². The highest BCUT2D eigenvalue weighted by molar-refractivity contribution is 6.42. The van der Waals surface area contributed by atoms with Gasteiger partial charge in [-0.15, -0.1) is 0 Å². The Morgan fingerprint density at radius 2 is 1.59 bits per heavy atom. The van der Waals surface area contributed by atoms with Gasteiger partial charge in [-0.25, -0.2) is 0 Å². The molecule has 0 aromatic heterocycles. The monoisotopic (exact) mass is 336 g/mol. The van der Waals surface area contributed by atoms with Crippen molar-refractivity contribution in [1.82, 2.24) is 0 Å². The molecule has 2 N–H and O–H groups in total. The number of ketones is 1. The van der Waals surface area contributed by atoms with Crippen LogP contribution in [-0.4, -0.2) is 18.2 Å². The lowest BCUT2D eigenvalue weighted by molar-refractivity contribution is -0.114. The van der Waals surface area contributed by atoms with E-state index in [4.69, 9.17) is 23.2 Å². The number of rotatable bonds is 5. The van der Waals surface area contributed by atoms with Crippen LogP contribution in [0.1, 0.15) is 17.3 Å². The summed E-state index contributed by atoms with van der Waals surface area (Å²) < 4.78 is 0. The molecule has 2 aromatic carbocycles. The summed E-state index contributed by atoms with van der Waals surface area (Å²) in [6.07, 6.45) is 0. The second-order valence-electron chi connectivity index (χ2n) is 4.66. The minimum Gasteiger partial charge on any atom is -0.376 e. The van der Waals surface area contributed by atoms with Gasteiger partial charge in [0.25, 0.3) is 0 Å². The summed E-state index contributed by atoms with van der Waals surface area (Å²) in [5, 5.41) is 6.50. The zero-order valence-electron chi connectivity index (χ0n) is 11.8. The van der Waals surface area contributed by atoms with E-state index in [0.717, 1.165) is 5.69 Å². The molecule has 0 radical (unpaired) electrons. The minimum atomic E-state index is -0.214. The molecule has 0 atom stereocenters. The third-order valence-corrected chi connectivity index (χ3v) is 3.69. The summed E-state index contributed by atoms with van der Waals surface area (Å²) >= 11 is 11.7. The molecule has 1 amide bonds. The Balaban J connectivity index is 1.89. The molecule has 4 nitrogen and oxygen atoms in total. The second kappa shape index (κ2) is 7.29. The van der Waals surface area contributed by atoms with E-state index in [2.05, 4.69) is 10.6 Å². The van der Waals surface area contributed by atoms with Crippen LogP contribution in [0.4, 0.5) is 11.4 Å². The number of amides is 1. The normalized spacial score (nSPS) is 10.1. The van der Waals surface area contributed by atoms with Gasteiger partial charge in [0.2, 0.25) is 5.91 Å². The molecule has 0 spiro atoms. The number of hydrogen-bond donors (Lipinski definition) is 2. The zero-order chi connectivity index (χ0) is 16.1. The fraction of sp³-hybridized carbons (Fsp3) is 0.125. The Bertz CT molecular complexity index is 700. The molecular formula is C16H14Cl2N2O2. The van der Waals surface area contributed by atoms with Crippen molar-refractivity contribution in [3.05, 3.63) is 58.1 Å². The lowest BCUT2D eigenvalue weighted by Gasteiger charge is -2.09. The molecule has 2 aromatic rings. The quantitative estimate of drug-likeness (QED) is 0.802. The molecule has 114 valence electrons. The fourth-order valence-electron chi connectivity index (χ4n) is 1.78. The SMILES string of the molecule is CC(=O)c1ccc(NCC(=O)Nc2ccc(Cl)c(Cl)c2)cc1. The molecule has 0 heterocycles. The van der Waals surface area contributed by atoms with E-state index in [0.29, 0.717) is 21.3 Å². The van der Waals surface area contributed by atoms with Gasteiger partial charge in [0.1, 0.15) is 0 Å². The zero-order valence-corrected chi connectivity index (χ0v) is 13.3. The van der Waals surface area contributed by atoms with Crippen molar-refractivity contribution in [2.75, 3.05) is 17.2 Å². The average molecular weight is 337 g/mol. The van der Waals surface area contributed by atoms with Crippen molar-refractivity contribution in [3.8, 4) is 0 Å². The number of hydrogen-bond acceptors (Lipinski definition) is 3. The first-order valence-corrected chi connectivity index (χ1v) is 7.31. The maximum absolute atomic E-state index is 11.9. The summed E-state index contributed by atoms with van der Waals surface area (Å²) in [5.41, 5.74) is 1.97. The standard InChI is InChI=1S/C16H14Cl2N2O2/c1-10(21)11-2-4-12(5-3-11)19-9-16(22)20-13-6-7-14(17)15(18)8-13/h2-8,19H,9H2,1H3,(H,20,22). The Hall–Kier alpha value is -2.04. The maximum atomic E-state index is 11.9. The Morgan fingerprint density at radius 1 is 0.955 bits per heavy atom. The average Bonchev–Trinajstić information content (AvgIpc) is 2.49. The molecule has 0 saturated carbocycles. The molecule has 0 unspecified atom stereocenters. The van der Waals surface area contributed by atoms with Gasteiger partial charge in [-0.05, 0) is 49.4 Å². The molecule has 0 bridgehead atoms. The van der Waals surface area contributed by atoms with E-state index in [1.54, 1.807) is 42.5 Å². The maximum Gasteiger partial charge on any atom is 0.243 e. The molecule has 0 aliphatic rings. The van der Waals surface area contributed by atoms with Gasteiger partial charge in [0.15, 0.2) is 5.78 Å². The number of halogens is 2. The highest BCUT2D eigenvalue weighted by Gasteiger charge is 2.05. The van der Waals surface area contributed by atoms with Crippen LogP contribution in [0.3, 0.4) is 0 Å². The van der Waals surface area contributed by atoms with E-state index >= 15 is 0 Å². The summed E-state index contributed by atoms with van der Waals surface area (Å²) in [4.78, 5) is 23.0. The van der Waals surface area contributed by atoms with Crippen molar-refractivity contribution in [2.24, 2.45) is 0 Å². The van der Waals surface area contributed by atoms with Gasteiger partial charge >= 0.3 is 0 Å². The first-order chi connectivity index (χ1) is 10.5. The minimum absolute atomic E-state index is 0.00362. The molecule has 0 fully saturated rings. The van der Waals surface area contributed by atoms with Crippen LogP contribution in [0.5, 0.6) is 0 Å². The van der Waals surface area contributed by atoms with Crippen LogP contribution < -0.4 is 10.6 Å². The van der Waals surface area contributed by atoms with Crippen LogP contribution in [0.2, 0.25) is 10.0 Å². The first kappa shape index (κ1) is 16.3. The molecule has 6 heteroatoms. The number of benzene rings is 2. The largest absolute Gasteiger partial charge is 0.376 e. The second-order valence-corrected chi connectivity index (χ2v) is 5.48. The Kier molecular flexibility index (Phi) is 5.41. The summed E-state index contributed by atoms with van der Waals surface area (Å²) in [6.45, 7) is 1.60. The third kappa shape index (κ3) is 4.48. The van der Waals surface area contributed by atoms with E-state index < -0.39 is 0 Å². The number of carbonyl (C=O) groups is 2. The van der Waals surface area contributed by atoms with Crippen molar-refractivity contribution in [3.63, 3.8) is 0 Å².